The van der Waals surface area contributed by atoms with Crippen molar-refractivity contribution in [3.8, 4) is 11.5 Å². The molecule has 25 heavy (non-hydrogen) atoms. The van der Waals surface area contributed by atoms with Gasteiger partial charge in [0.25, 0.3) is 0 Å². The van der Waals surface area contributed by atoms with E-state index in [-0.39, 0.29) is 18.7 Å². The predicted octanol–water partition coefficient (Wildman–Crippen LogP) is 1.81. The number of hydrogen-bond acceptors (Lipinski definition) is 5. The fraction of sp³-hybridized carbons (Fsp3) is 0.529. The highest BCUT2D eigenvalue weighted by Crippen LogP contribution is 2.36. The minimum absolute atomic E-state index is 0.0297. The molecule has 0 radical (unpaired) electrons. The quantitative estimate of drug-likeness (QED) is 0.616. The van der Waals surface area contributed by atoms with Crippen LogP contribution >= 0.6 is 11.6 Å². The van der Waals surface area contributed by atoms with E-state index in [1.165, 1.54) is 0 Å². The minimum atomic E-state index is -0.989. The molecule has 140 valence electrons. The van der Waals surface area contributed by atoms with Crippen LogP contribution in [-0.4, -0.2) is 62.8 Å². The summed E-state index contributed by atoms with van der Waals surface area (Å²) in [4.78, 5) is 23.9. The number of aliphatic carboxylic acids is 1. The van der Waals surface area contributed by atoms with Crippen molar-refractivity contribution in [2.45, 2.75) is 19.3 Å². The van der Waals surface area contributed by atoms with E-state index < -0.39 is 5.97 Å². The Balaban J connectivity index is 2.59. The molecule has 0 fully saturated rings. The Hall–Kier alpha value is -1.99. The molecule has 0 heterocycles. The number of carbonyl (C=O) groups excluding carboxylic acids is 1. The summed E-state index contributed by atoms with van der Waals surface area (Å²) in [7, 11) is 5.45. The Kier molecular flexibility index (Phi) is 9.08. The maximum absolute atomic E-state index is 11.5. The number of carboxylic acid groups (broad SMARTS) is 1. The van der Waals surface area contributed by atoms with Gasteiger partial charge in [-0.05, 0) is 38.2 Å². The average molecular weight is 373 g/mol. The normalized spacial score (nSPS) is 10.6. The Morgan fingerprint density at radius 1 is 1.28 bits per heavy atom. The number of halogens is 1. The minimum Gasteiger partial charge on any atom is -0.493 e. The van der Waals surface area contributed by atoms with Crippen LogP contribution in [0.1, 0.15) is 18.4 Å². The zero-order chi connectivity index (χ0) is 18.8. The SMILES string of the molecule is COc1cc(CCNC(=O)CCC(=O)O)cc(Cl)c1OCCN(C)C. The smallest absolute Gasteiger partial charge is 0.303 e. The van der Waals surface area contributed by atoms with Gasteiger partial charge in [-0.2, -0.15) is 0 Å². The summed E-state index contributed by atoms with van der Waals surface area (Å²) in [5.74, 6) is -0.237. The monoisotopic (exact) mass is 372 g/mol. The van der Waals surface area contributed by atoms with Crippen LogP contribution < -0.4 is 14.8 Å². The third-order valence-corrected chi connectivity index (χ3v) is 3.66. The van der Waals surface area contributed by atoms with Crippen LogP contribution in [-0.2, 0) is 16.0 Å². The largest absolute Gasteiger partial charge is 0.493 e. The molecule has 0 atom stereocenters. The van der Waals surface area contributed by atoms with Crippen molar-refractivity contribution in [2.24, 2.45) is 0 Å². The van der Waals surface area contributed by atoms with Crippen molar-refractivity contribution < 1.29 is 24.2 Å². The van der Waals surface area contributed by atoms with Gasteiger partial charge in [0.2, 0.25) is 5.91 Å². The van der Waals surface area contributed by atoms with E-state index in [4.69, 9.17) is 26.2 Å². The highest BCUT2D eigenvalue weighted by molar-refractivity contribution is 6.32. The molecule has 0 aromatic heterocycles. The lowest BCUT2D eigenvalue weighted by atomic mass is 10.1. The number of nitrogens with zero attached hydrogens (tertiary/aromatic N) is 1. The van der Waals surface area contributed by atoms with Crippen LogP contribution in [0.3, 0.4) is 0 Å². The van der Waals surface area contributed by atoms with Gasteiger partial charge in [-0.15, -0.1) is 0 Å². The second-order valence-electron chi connectivity index (χ2n) is 5.75. The van der Waals surface area contributed by atoms with Crippen molar-refractivity contribution in [3.05, 3.63) is 22.7 Å². The van der Waals surface area contributed by atoms with Gasteiger partial charge in [-0.3, -0.25) is 9.59 Å². The lowest BCUT2D eigenvalue weighted by Gasteiger charge is -2.16. The first kappa shape index (κ1) is 21.1. The summed E-state index contributed by atoms with van der Waals surface area (Å²) >= 11 is 6.28. The Morgan fingerprint density at radius 3 is 2.60 bits per heavy atom. The molecule has 0 aliphatic rings. The van der Waals surface area contributed by atoms with Crippen LogP contribution in [0.4, 0.5) is 0 Å². The van der Waals surface area contributed by atoms with Gasteiger partial charge >= 0.3 is 5.97 Å². The van der Waals surface area contributed by atoms with Gasteiger partial charge in [-0.25, -0.2) is 0 Å². The number of rotatable bonds is 11. The fourth-order valence-corrected chi connectivity index (χ4v) is 2.33. The molecular weight excluding hydrogens is 348 g/mol. The van der Waals surface area contributed by atoms with Crippen LogP contribution in [0.25, 0.3) is 0 Å². The van der Waals surface area contributed by atoms with Crippen molar-refractivity contribution in [2.75, 3.05) is 40.9 Å². The number of benzene rings is 1. The second-order valence-corrected chi connectivity index (χ2v) is 6.16. The van der Waals surface area contributed by atoms with Crippen LogP contribution in [0, 0.1) is 0 Å². The molecule has 1 aromatic rings. The van der Waals surface area contributed by atoms with Crippen LogP contribution in [0.15, 0.2) is 12.1 Å². The number of likely N-dealkylation sites (N-methyl/N-ethyl adjacent to an activating group) is 1. The molecule has 2 N–H and O–H groups in total. The molecule has 0 aliphatic heterocycles. The second kappa shape index (κ2) is 10.8. The van der Waals surface area contributed by atoms with Gasteiger partial charge in [0, 0.05) is 19.5 Å². The van der Waals surface area contributed by atoms with Gasteiger partial charge in [0.1, 0.15) is 6.61 Å². The molecular formula is C17H25ClN2O5. The summed E-state index contributed by atoms with van der Waals surface area (Å²) in [5.41, 5.74) is 0.889. The van der Waals surface area contributed by atoms with Gasteiger partial charge in [0.15, 0.2) is 11.5 Å². The number of carbonyl (C=O) groups is 2. The third kappa shape index (κ3) is 8.09. The highest BCUT2D eigenvalue weighted by Gasteiger charge is 2.12. The highest BCUT2D eigenvalue weighted by atomic mass is 35.5. The molecule has 0 saturated heterocycles. The van der Waals surface area contributed by atoms with E-state index in [0.717, 1.165) is 12.1 Å². The number of methoxy groups -OCH3 is 1. The summed E-state index contributed by atoms with van der Waals surface area (Å²) in [6, 6.07) is 3.60. The molecule has 0 aliphatic carbocycles. The first-order chi connectivity index (χ1) is 11.8. The van der Waals surface area contributed by atoms with Crippen molar-refractivity contribution >= 4 is 23.5 Å². The molecule has 1 aromatic carbocycles. The van der Waals surface area contributed by atoms with E-state index in [0.29, 0.717) is 36.1 Å². The predicted molar refractivity (Wildman–Crippen MR) is 95.6 cm³/mol. The summed E-state index contributed by atoms with van der Waals surface area (Å²) in [6.07, 6.45) is 0.343. The molecule has 1 rings (SSSR count). The van der Waals surface area contributed by atoms with Crippen LogP contribution in [0.2, 0.25) is 5.02 Å². The first-order valence-electron chi connectivity index (χ1n) is 7.96. The van der Waals surface area contributed by atoms with Crippen LogP contribution in [0.5, 0.6) is 11.5 Å². The van der Waals surface area contributed by atoms with E-state index in [1.54, 1.807) is 13.2 Å². The molecule has 0 saturated carbocycles. The van der Waals surface area contributed by atoms with Gasteiger partial charge < -0.3 is 24.8 Å². The number of carboxylic acids is 1. The Morgan fingerprint density at radius 2 is 2.00 bits per heavy atom. The van der Waals surface area contributed by atoms with E-state index in [1.807, 2.05) is 25.1 Å². The van der Waals surface area contributed by atoms with Gasteiger partial charge in [-0.1, -0.05) is 11.6 Å². The summed E-state index contributed by atoms with van der Waals surface area (Å²) in [5, 5.41) is 11.7. The Labute approximate surface area is 152 Å². The first-order valence-corrected chi connectivity index (χ1v) is 8.33. The average Bonchev–Trinajstić information content (AvgIpc) is 2.54. The van der Waals surface area contributed by atoms with E-state index in [2.05, 4.69) is 5.32 Å². The lowest BCUT2D eigenvalue weighted by molar-refractivity contribution is -0.138. The zero-order valence-electron chi connectivity index (χ0n) is 14.8. The third-order valence-electron chi connectivity index (χ3n) is 3.38. The summed E-state index contributed by atoms with van der Waals surface area (Å²) in [6.45, 7) is 1.63. The lowest BCUT2D eigenvalue weighted by Crippen LogP contribution is -2.26. The topological polar surface area (TPSA) is 88.1 Å². The number of hydrogen-bond donors (Lipinski definition) is 2. The Bertz CT molecular complexity index is 593. The zero-order valence-corrected chi connectivity index (χ0v) is 15.6. The van der Waals surface area contributed by atoms with Gasteiger partial charge in [0.05, 0.1) is 18.6 Å². The number of amides is 1. The van der Waals surface area contributed by atoms with Crippen molar-refractivity contribution in [1.29, 1.82) is 0 Å². The maximum Gasteiger partial charge on any atom is 0.303 e. The van der Waals surface area contributed by atoms with Crippen molar-refractivity contribution in [1.82, 2.24) is 10.2 Å². The van der Waals surface area contributed by atoms with E-state index in [9.17, 15) is 9.59 Å². The molecule has 1 amide bonds. The standard InChI is InChI=1S/C17H25ClN2O5/c1-20(2)8-9-25-17-13(18)10-12(11-14(17)24-3)6-7-19-15(21)4-5-16(22)23/h10-11H,4-9H2,1-3H3,(H,19,21)(H,22,23). The van der Waals surface area contributed by atoms with E-state index >= 15 is 0 Å². The summed E-state index contributed by atoms with van der Waals surface area (Å²) < 4.78 is 11.0. The molecule has 0 spiro atoms. The fourth-order valence-electron chi connectivity index (χ4n) is 2.04. The number of ether oxygens (including phenoxy) is 2. The van der Waals surface area contributed by atoms with Crippen molar-refractivity contribution in [3.63, 3.8) is 0 Å². The molecule has 0 unspecified atom stereocenters. The maximum atomic E-state index is 11.5. The molecule has 0 bridgehead atoms. The molecule has 8 heteroatoms. The molecule has 7 nitrogen and oxygen atoms in total. The number of nitrogens with one attached hydrogen (secondary N) is 1.